The lowest BCUT2D eigenvalue weighted by Gasteiger charge is -2.32. The van der Waals surface area contributed by atoms with E-state index in [0.29, 0.717) is 0 Å². The highest BCUT2D eigenvalue weighted by molar-refractivity contribution is 6.85. The van der Waals surface area contributed by atoms with Crippen LogP contribution in [0.15, 0.2) is 48.5 Å². The van der Waals surface area contributed by atoms with Crippen molar-refractivity contribution < 1.29 is 4.43 Å². The van der Waals surface area contributed by atoms with Crippen LogP contribution in [0.1, 0.15) is 0 Å². The van der Waals surface area contributed by atoms with Crippen molar-refractivity contribution in [1.82, 2.24) is 0 Å². The van der Waals surface area contributed by atoms with Gasteiger partial charge >= 0.3 is 8.48 Å². The average molecular weight is 227 g/mol. The zero-order valence-corrected chi connectivity index (χ0v) is 10.1. The summed E-state index contributed by atoms with van der Waals surface area (Å²) in [5, 5.41) is 7.50. The maximum absolute atomic E-state index is 6.32. The number of nitrogens with two attached hydrogens (primary N) is 1. The lowest BCUT2D eigenvalue weighted by atomic mass is 10.0. The van der Waals surface area contributed by atoms with Crippen LogP contribution in [-0.2, 0) is 0 Å². The monoisotopic (exact) mass is 227 g/mol. The summed E-state index contributed by atoms with van der Waals surface area (Å²) in [5.74, 6) is 0.915. The first-order valence-corrected chi connectivity index (χ1v) is 7.84. The van der Waals surface area contributed by atoms with Crippen LogP contribution in [0.25, 0.3) is 11.1 Å². The molecule has 1 atom stereocenters. The van der Waals surface area contributed by atoms with Crippen LogP contribution in [0.4, 0.5) is 0 Å². The molecule has 0 aliphatic carbocycles. The van der Waals surface area contributed by atoms with E-state index in [1.165, 1.54) is 10.8 Å². The Morgan fingerprint density at radius 3 is 2.38 bits per heavy atom. The fourth-order valence-electron chi connectivity index (χ4n) is 2.21. The molecule has 0 aromatic heterocycles. The molecular formula is C13H13NOSi. The average Bonchev–Trinajstić information content (AvgIpc) is 2.29. The lowest BCUT2D eigenvalue weighted by molar-refractivity contribution is 0.556. The van der Waals surface area contributed by atoms with Gasteiger partial charge in [-0.15, -0.1) is 0 Å². The fraction of sp³-hybridized carbons (Fsp3) is 0.0769. The van der Waals surface area contributed by atoms with E-state index in [2.05, 4.69) is 18.2 Å². The first-order chi connectivity index (χ1) is 7.68. The molecule has 16 heavy (non-hydrogen) atoms. The summed E-state index contributed by atoms with van der Waals surface area (Å²) in [6, 6.07) is 16.4. The van der Waals surface area contributed by atoms with Crippen molar-refractivity contribution >= 4 is 13.7 Å². The highest BCUT2D eigenvalue weighted by Gasteiger charge is 2.36. The molecule has 0 amide bonds. The van der Waals surface area contributed by atoms with Crippen LogP contribution in [0.5, 0.6) is 5.75 Å². The van der Waals surface area contributed by atoms with Gasteiger partial charge in [-0.1, -0.05) is 42.5 Å². The van der Waals surface area contributed by atoms with Crippen LogP contribution in [0, 0.1) is 0 Å². The zero-order chi connectivity index (χ0) is 11.2. The number of benzene rings is 2. The first-order valence-electron chi connectivity index (χ1n) is 5.35. The molecule has 1 heterocycles. The van der Waals surface area contributed by atoms with Gasteiger partial charge in [0.05, 0.1) is 0 Å². The van der Waals surface area contributed by atoms with E-state index in [4.69, 9.17) is 9.83 Å². The maximum Gasteiger partial charge on any atom is 0.356 e. The van der Waals surface area contributed by atoms with Crippen molar-refractivity contribution in [2.24, 2.45) is 5.40 Å². The lowest BCUT2D eigenvalue weighted by Crippen LogP contribution is -2.61. The fourth-order valence-corrected chi connectivity index (χ4v) is 4.14. The second-order valence-corrected chi connectivity index (χ2v) is 7.21. The molecule has 0 bridgehead atoms. The largest absolute Gasteiger partial charge is 0.525 e. The van der Waals surface area contributed by atoms with Gasteiger partial charge < -0.3 is 9.83 Å². The van der Waals surface area contributed by atoms with Crippen LogP contribution < -0.4 is 15.0 Å². The van der Waals surface area contributed by atoms with Gasteiger partial charge in [-0.25, -0.2) is 0 Å². The van der Waals surface area contributed by atoms with Crippen LogP contribution in [0.3, 0.4) is 0 Å². The van der Waals surface area contributed by atoms with Crippen LogP contribution in [0.2, 0.25) is 6.55 Å². The molecule has 3 heteroatoms. The molecule has 3 rings (SSSR count). The Kier molecular flexibility index (Phi) is 1.93. The Morgan fingerprint density at radius 1 is 0.938 bits per heavy atom. The molecule has 0 saturated carbocycles. The van der Waals surface area contributed by atoms with Gasteiger partial charge in [0, 0.05) is 10.8 Å². The summed E-state index contributed by atoms with van der Waals surface area (Å²) in [5.41, 5.74) is 2.37. The van der Waals surface area contributed by atoms with E-state index in [9.17, 15) is 0 Å². The van der Waals surface area contributed by atoms with Crippen LogP contribution >= 0.6 is 0 Å². The molecule has 0 saturated heterocycles. The summed E-state index contributed by atoms with van der Waals surface area (Å²) >= 11 is 0. The minimum absolute atomic E-state index is 0.915. The third kappa shape index (κ3) is 1.29. The number of rotatable bonds is 0. The summed E-state index contributed by atoms with van der Waals surface area (Å²) < 4.78 is 5.96. The van der Waals surface area contributed by atoms with Gasteiger partial charge in [-0.2, -0.15) is 0 Å². The van der Waals surface area contributed by atoms with Crippen molar-refractivity contribution in [1.29, 1.82) is 0 Å². The minimum Gasteiger partial charge on any atom is -0.525 e. The first kappa shape index (κ1) is 9.63. The Morgan fingerprint density at radius 2 is 1.56 bits per heavy atom. The molecule has 1 unspecified atom stereocenters. The molecule has 0 radical (unpaired) electrons. The molecule has 1 aliphatic rings. The second-order valence-electron chi connectivity index (χ2n) is 4.25. The summed E-state index contributed by atoms with van der Waals surface area (Å²) in [6.07, 6.45) is 0. The molecule has 1 aliphatic heterocycles. The Bertz CT molecular complexity index is 551. The Balaban J connectivity index is 2.33. The normalized spacial score (nSPS) is 21.9. The van der Waals surface area contributed by atoms with Gasteiger partial charge in [0.15, 0.2) is 0 Å². The molecule has 2 aromatic rings. The number of hydrogen-bond donors (Lipinski definition) is 1. The van der Waals surface area contributed by atoms with Gasteiger partial charge in [0.2, 0.25) is 0 Å². The Hall–Kier alpha value is -1.58. The van der Waals surface area contributed by atoms with Crippen molar-refractivity contribution in [3.8, 4) is 16.9 Å². The van der Waals surface area contributed by atoms with Gasteiger partial charge in [-0.05, 0) is 18.2 Å². The van der Waals surface area contributed by atoms with Crippen molar-refractivity contribution in [2.45, 2.75) is 6.55 Å². The third-order valence-corrected chi connectivity index (χ3v) is 5.11. The predicted molar refractivity (Wildman–Crippen MR) is 67.9 cm³/mol. The zero-order valence-electron chi connectivity index (χ0n) is 9.10. The molecular weight excluding hydrogens is 214 g/mol. The minimum atomic E-state index is -2.26. The highest BCUT2D eigenvalue weighted by Crippen LogP contribution is 2.34. The van der Waals surface area contributed by atoms with Gasteiger partial charge in [0.1, 0.15) is 5.75 Å². The number of fused-ring (bicyclic) bond motifs is 3. The summed E-state index contributed by atoms with van der Waals surface area (Å²) in [7, 11) is -2.26. The maximum atomic E-state index is 6.32. The topological polar surface area (TPSA) is 35.2 Å². The quantitative estimate of drug-likeness (QED) is 0.699. The van der Waals surface area contributed by atoms with Crippen LogP contribution in [-0.4, -0.2) is 8.48 Å². The molecule has 0 spiro atoms. The molecule has 2 nitrogen and oxygen atoms in total. The third-order valence-electron chi connectivity index (χ3n) is 2.96. The number of para-hydroxylation sites is 1. The SMILES string of the molecule is C[Si]1(N)Oc2ccccc2-c2ccccc21. The predicted octanol–water partition coefficient (Wildman–Crippen LogP) is 1.98. The van der Waals surface area contributed by atoms with E-state index in [1.54, 1.807) is 0 Å². The number of hydrogen-bond acceptors (Lipinski definition) is 2. The molecule has 80 valence electrons. The molecule has 2 N–H and O–H groups in total. The summed E-state index contributed by atoms with van der Waals surface area (Å²) in [4.78, 5) is 0. The van der Waals surface area contributed by atoms with E-state index in [-0.39, 0.29) is 0 Å². The summed E-state index contributed by atoms with van der Waals surface area (Å²) in [6.45, 7) is 2.03. The van der Waals surface area contributed by atoms with E-state index < -0.39 is 8.48 Å². The second kappa shape index (κ2) is 3.20. The van der Waals surface area contributed by atoms with E-state index in [1.807, 2.05) is 36.9 Å². The highest BCUT2D eigenvalue weighted by atomic mass is 28.4. The Labute approximate surface area is 95.9 Å². The molecule has 2 aromatic carbocycles. The van der Waals surface area contributed by atoms with E-state index in [0.717, 1.165) is 11.3 Å². The standard InChI is InChI=1S/C13H13NOSi/c1-16(14)13-9-5-3-7-11(13)10-6-2-4-8-12(10)15-16/h2-9H,14H2,1H3. The van der Waals surface area contributed by atoms with Crippen molar-refractivity contribution in [3.05, 3.63) is 48.5 Å². The molecule has 0 fully saturated rings. The van der Waals surface area contributed by atoms with Gasteiger partial charge in [-0.3, -0.25) is 0 Å². The van der Waals surface area contributed by atoms with Gasteiger partial charge in [0.25, 0.3) is 0 Å². The van der Waals surface area contributed by atoms with Crippen molar-refractivity contribution in [3.63, 3.8) is 0 Å². The van der Waals surface area contributed by atoms with Crippen molar-refractivity contribution in [2.75, 3.05) is 0 Å². The van der Waals surface area contributed by atoms with E-state index >= 15 is 0 Å². The smallest absolute Gasteiger partial charge is 0.356 e.